The summed E-state index contributed by atoms with van der Waals surface area (Å²) in [5.74, 6) is 1.63. The highest BCUT2D eigenvalue weighted by atomic mass is 79.9. The lowest BCUT2D eigenvalue weighted by atomic mass is 10.1. The van der Waals surface area contributed by atoms with Crippen LogP contribution in [0.5, 0.6) is 0 Å². The second kappa shape index (κ2) is 7.04. The van der Waals surface area contributed by atoms with E-state index in [1.54, 1.807) is 0 Å². The van der Waals surface area contributed by atoms with Crippen molar-refractivity contribution in [3.05, 3.63) is 40.3 Å². The van der Waals surface area contributed by atoms with Gasteiger partial charge in [-0.05, 0) is 32.0 Å². The summed E-state index contributed by atoms with van der Waals surface area (Å²) in [5.41, 5.74) is 2.27. The molecule has 1 aromatic heterocycles. The third kappa shape index (κ3) is 4.18. The first-order valence-electron chi connectivity index (χ1n) is 7.01. The smallest absolute Gasteiger partial charge is 0.194 e. The highest BCUT2D eigenvalue weighted by Gasteiger charge is 2.09. The van der Waals surface area contributed by atoms with E-state index in [9.17, 15) is 0 Å². The molecule has 0 aliphatic carbocycles. The molecule has 2 rings (SSSR count). The number of aromatic nitrogens is 1. The summed E-state index contributed by atoms with van der Waals surface area (Å²) in [6.07, 6.45) is 3.71. The topological polar surface area (TPSA) is 38.1 Å². The van der Waals surface area contributed by atoms with Crippen molar-refractivity contribution in [3.63, 3.8) is 0 Å². The van der Waals surface area contributed by atoms with E-state index in [0.717, 1.165) is 41.1 Å². The van der Waals surface area contributed by atoms with E-state index in [0.29, 0.717) is 6.04 Å². The fraction of sp³-hybridized carbons (Fsp3) is 0.438. The summed E-state index contributed by atoms with van der Waals surface area (Å²) >= 11 is 3.56. The van der Waals surface area contributed by atoms with Crippen LogP contribution in [0, 0.1) is 6.92 Å². The van der Waals surface area contributed by atoms with Crippen molar-refractivity contribution in [2.75, 3.05) is 6.54 Å². The maximum absolute atomic E-state index is 5.84. The van der Waals surface area contributed by atoms with Crippen LogP contribution in [0.1, 0.15) is 31.7 Å². The molecule has 0 radical (unpaired) electrons. The van der Waals surface area contributed by atoms with Crippen molar-refractivity contribution in [1.29, 1.82) is 0 Å². The molecule has 3 nitrogen and oxygen atoms in total. The lowest BCUT2D eigenvalue weighted by Crippen LogP contribution is -2.23. The number of oxazole rings is 1. The molecule has 0 saturated carbocycles. The van der Waals surface area contributed by atoms with Crippen LogP contribution < -0.4 is 5.32 Å². The Kier molecular flexibility index (Phi) is 5.38. The van der Waals surface area contributed by atoms with Crippen LogP contribution in [0.3, 0.4) is 0 Å². The van der Waals surface area contributed by atoms with E-state index in [1.165, 1.54) is 5.56 Å². The Bertz CT molecular complexity index is 563. The van der Waals surface area contributed by atoms with Gasteiger partial charge in [-0.15, -0.1) is 0 Å². The molecule has 0 spiro atoms. The van der Waals surface area contributed by atoms with E-state index in [4.69, 9.17) is 4.42 Å². The number of nitrogens with zero attached hydrogens (tertiary/aromatic N) is 1. The van der Waals surface area contributed by atoms with Crippen LogP contribution >= 0.6 is 15.9 Å². The van der Waals surface area contributed by atoms with Gasteiger partial charge in [0.1, 0.15) is 0 Å². The van der Waals surface area contributed by atoms with Gasteiger partial charge < -0.3 is 9.73 Å². The standard InChI is InChI=1S/C16H21BrN2O/c1-11(2)18-8-4-5-16-19-10-15(20-16)13-9-12(3)6-7-14(13)17/h6-7,9-11,18H,4-5,8H2,1-3H3. The third-order valence-corrected chi connectivity index (χ3v) is 3.75. The maximum atomic E-state index is 5.84. The van der Waals surface area contributed by atoms with E-state index >= 15 is 0 Å². The van der Waals surface area contributed by atoms with Gasteiger partial charge in [-0.25, -0.2) is 4.98 Å². The Morgan fingerprint density at radius 2 is 2.15 bits per heavy atom. The van der Waals surface area contributed by atoms with Crippen molar-refractivity contribution < 1.29 is 4.42 Å². The molecule has 20 heavy (non-hydrogen) atoms. The predicted molar refractivity (Wildman–Crippen MR) is 85.8 cm³/mol. The average Bonchev–Trinajstić information content (AvgIpc) is 2.86. The molecule has 0 saturated heterocycles. The molecule has 0 unspecified atom stereocenters. The van der Waals surface area contributed by atoms with Gasteiger partial charge in [0.25, 0.3) is 0 Å². The van der Waals surface area contributed by atoms with Crippen LogP contribution in [-0.2, 0) is 6.42 Å². The second-order valence-corrected chi connectivity index (χ2v) is 6.17. The van der Waals surface area contributed by atoms with Gasteiger partial charge in [-0.2, -0.15) is 0 Å². The normalized spacial score (nSPS) is 11.2. The molecule has 0 atom stereocenters. The van der Waals surface area contributed by atoms with Gasteiger partial charge in [0.2, 0.25) is 0 Å². The van der Waals surface area contributed by atoms with Crippen molar-refractivity contribution in [1.82, 2.24) is 10.3 Å². The minimum absolute atomic E-state index is 0.526. The molecule has 4 heteroatoms. The quantitative estimate of drug-likeness (QED) is 0.797. The SMILES string of the molecule is Cc1ccc(Br)c(-c2cnc(CCCNC(C)C)o2)c1. The van der Waals surface area contributed by atoms with Gasteiger partial charge in [-0.1, -0.05) is 41.4 Å². The lowest BCUT2D eigenvalue weighted by Gasteiger charge is -2.06. The molecule has 0 aliphatic rings. The summed E-state index contributed by atoms with van der Waals surface area (Å²) in [5, 5.41) is 3.39. The molecule has 0 bridgehead atoms. The zero-order valence-corrected chi connectivity index (χ0v) is 13.8. The minimum Gasteiger partial charge on any atom is -0.441 e. The van der Waals surface area contributed by atoms with Gasteiger partial charge in [-0.3, -0.25) is 0 Å². The average molecular weight is 337 g/mol. The number of rotatable bonds is 6. The summed E-state index contributed by atoms with van der Waals surface area (Å²) in [6, 6.07) is 6.75. The van der Waals surface area contributed by atoms with Crippen molar-refractivity contribution >= 4 is 15.9 Å². The fourth-order valence-electron chi connectivity index (χ4n) is 2.01. The van der Waals surface area contributed by atoms with Crippen LogP contribution in [-0.4, -0.2) is 17.6 Å². The third-order valence-electron chi connectivity index (χ3n) is 3.06. The van der Waals surface area contributed by atoms with Crippen LogP contribution in [0.25, 0.3) is 11.3 Å². The number of aryl methyl sites for hydroxylation is 2. The first-order chi connectivity index (χ1) is 9.56. The second-order valence-electron chi connectivity index (χ2n) is 5.31. The number of benzene rings is 1. The van der Waals surface area contributed by atoms with Gasteiger partial charge in [0.05, 0.1) is 6.20 Å². The van der Waals surface area contributed by atoms with Crippen LogP contribution in [0.15, 0.2) is 33.3 Å². The largest absolute Gasteiger partial charge is 0.441 e. The summed E-state index contributed by atoms with van der Waals surface area (Å²) in [6.45, 7) is 7.37. The zero-order valence-electron chi connectivity index (χ0n) is 12.2. The van der Waals surface area contributed by atoms with E-state index in [-0.39, 0.29) is 0 Å². The highest BCUT2D eigenvalue weighted by molar-refractivity contribution is 9.10. The summed E-state index contributed by atoms with van der Waals surface area (Å²) in [4.78, 5) is 4.36. The molecule has 2 aromatic rings. The van der Waals surface area contributed by atoms with E-state index in [2.05, 4.69) is 59.1 Å². The number of hydrogen-bond acceptors (Lipinski definition) is 3. The predicted octanol–water partition coefficient (Wildman–Crippen LogP) is 4.34. The molecule has 0 fully saturated rings. The van der Waals surface area contributed by atoms with Gasteiger partial charge in [0.15, 0.2) is 11.7 Å². The molecule has 1 heterocycles. The molecule has 108 valence electrons. The number of halogens is 1. The van der Waals surface area contributed by atoms with Gasteiger partial charge in [0, 0.05) is 22.5 Å². The zero-order chi connectivity index (χ0) is 14.5. The first kappa shape index (κ1) is 15.3. The summed E-state index contributed by atoms with van der Waals surface area (Å²) in [7, 11) is 0. The lowest BCUT2D eigenvalue weighted by molar-refractivity contribution is 0.484. The van der Waals surface area contributed by atoms with E-state index < -0.39 is 0 Å². The van der Waals surface area contributed by atoms with Crippen molar-refractivity contribution in [3.8, 4) is 11.3 Å². The molecule has 0 amide bonds. The van der Waals surface area contributed by atoms with Crippen LogP contribution in [0.2, 0.25) is 0 Å². The summed E-state index contributed by atoms with van der Waals surface area (Å²) < 4.78 is 6.88. The van der Waals surface area contributed by atoms with Gasteiger partial charge >= 0.3 is 0 Å². The molecular formula is C16H21BrN2O. The molecule has 1 aromatic carbocycles. The Labute approximate surface area is 128 Å². The first-order valence-corrected chi connectivity index (χ1v) is 7.80. The Morgan fingerprint density at radius 1 is 1.35 bits per heavy atom. The maximum Gasteiger partial charge on any atom is 0.194 e. The minimum atomic E-state index is 0.526. The van der Waals surface area contributed by atoms with E-state index in [1.807, 2.05) is 12.3 Å². The molecule has 1 N–H and O–H groups in total. The fourth-order valence-corrected chi connectivity index (χ4v) is 2.45. The number of hydrogen-bond donors (Lipinski definition) is 1. The van der Waals surface area contributed by atoms with Crippen molar-refractivity contribution in [2.45, 2.75) is 39.7 Å². The van der Waals surface area contributed by atoms with Crippen LogP contribution in [0.4, 0.5) is 0 Å². The molecular weight excluding hydrogens is 316 g/mol. The number of nitrogens with one attached hydrogen (secondary N) is 1. The molecule has 0 aliphatic heterocycles. The Hall–Kier alpha value is -1.13. The van der Waals surface area contributed by atoms with Crippen molar-refractivity contribution in [2.24, 2.45) is 0 Å². The highest BCUT2D eigenvalue weighted by Crippen LogP contribution is 2.29. The monoisotopic (exact) mass is 336 g/mol. The Balaban J connectivity index is 2.00. The Morgan fingerprint density at radius 3 is 2.90 bits per heavy atom.